The van der Waals surface area contributed by atoms with Crippen LogP contribution >= 0.6 is 11.6 Å². The SMILES string of the molecule is C#Cc1cnc2c(Cl)cc(N[C@H](C3=CN(C45CC(C4)C5)NN3)c3ccc(F)c4ncccc34)cc2c1NCC(C)(C)C. The molecule has 7 nitrogen and oxygen atoms in total. The largest absolute Gasteiger partial charge is 0.383 e. The number of terminal acetylenes is 1. The van der Waals surface area contributed by atoms with Crippen molar-refractivity contribution in [3.63, 3.8) is 0 Å². The number of nitrogens with one attached hydrogen (secondary N) is 4. The van der Waals surface area contributed by atoms with Gasteiger partial charge in [-0.25, -0.2) is 4.39 Å². The van der Waals surface area contributed by atoms with Crippen molar-refractivity contribution >= 4 is 44.8 Å². The number of rotatable bonds is 7. The molecule has 0 unspecified atom stereocenters. The predicted molar refractivity (Wildman–Crippen MR) is 167 cm³/mol. The smallest absolute Gasteiger partial charge is 0.149 e. The fraction of sp³-hybridized carbons (Fsp3) is 0.333. The lowest BCUT2D eigenvalue weighted by molar-refractivity contribution is -0.141. The highest BCUT2D eigenvalue weighted by Gasteiger charge is 2.60. The summed E-state index contributed by atoms with van der Waals surface area (Å²) in [4.78, 5) is 8.93. The van der Waals surface area contributed by atoms with Gasteiger partial charge in [-0.1, -0.05) is 50.4 Å². The first-order chi connectivity index (χ1) is 20.1. The summed E-state index contributed by atoms with van der Waals surface area (Å²) in [5.74, 6) is 3.25. The molecule has 4 aliphatic rings. The molecule has 2 aromatic carbocycles. The fourth-order valence-electron chi connectivity index (χ4n) is 6.36. The summed E-state index contributed by atoms with van der Waals surface area (Å²) < 4.78 is 14.8. The molecule has 0 amide bonds. The van der Waals surface area contributed by atoms with Gasteiger partial charge in [-0.15, -0.1) is 12.0 Å². The molecule has 42 heavy (non-hydrogen) atoms. The van der Waals surface area contributed by atoms with Crippen molar-refractivity contribution in [3.05, 3.63) is 82.7 Å². The van der Waals surface area contributed by atoms with Crippen LogP contribution in [0.5, 0.6) is 0 Å². The summed E-state index contributed by atoms with van der Waals surface area (Å²) in [6, 6.07) is 10.6. The molecule has 3 saturated carbocycles. The number of halogens is 2. The van der Waals surface area contributed by atoms with Crippen molar-refractivity contribution in [2.24, 2.45) is 11.3 Å². The van der Waals surface area contributed by atoms with E-state index < -0.39 is 0 Å². The Balaban J connectivity index is 1.33. The van der Waals surface area contributed by atoms with Gasteiger partial charge in [-0.05, 0) is 60.4 Å². The molecule has 3 aliphatic carbocycles. The molecule has 8 rings (SSSR count). The van der Waals surface area contributed by atoms with Crippen LogP contribution in [0.15, 0.2) is 60.7 Å². The molecule has 2 bridgehead atoms. The average Bonchev–Trinajstić information content (AvgIpc) is 3.38. The zero-order valence-electron chi connectivity index (χ0n) is 23.9. The number of aromatic nitrogens is 2. The Bertz CT molecular complexity index is 1790. The summed E-state index contributed by atoms with van der Waals surface area (Å²) in [7, 11) is 0. The molecule has 3 heterocycles. The second-order valence-corrected chi connectivity index (χ2v) is 13.4. The number of hydrazine groups is 2. The molecule has 1 aliphatic heterocycles. The van der Waals surface area contributed by atoms with Crippen LogP contribution in [-0.2, 0) is 0 Å². The quantitative estimate of drug-likeness (QED) is 0.177. The molecule has 0 radical (unpaired) electrons. The Morgan fingerprint density at radius 3 is 2.69 bits per heavy atom. The number of nitrogens with zero attached hydrogens (tertiary/aromatic N) is 3. The van der Waals surface area contributed by atoms with Crippen LogP contribution in [0.2, 0.25) is 5.02 Å². The van der Waals surface area contributed by atoms with Gasteiger partial charge in [-0.2, -0.15) is 0 Å². The Kier molecular flexibility index (Phi) is 6.23. The molecule has 3 fully saturated rings. The molecular formula is C33H33ClFN7. The molecule has 9 heteroatoms. The van der Waals surface area contributed by atoms with E-state index in [1.165, 1.54) is 25.3 Å². The van der Waals surface area contributed by atoms with Crippen LogP contribution in [0, 0.1) is 29.5 Å². The number of benzene rings is 2. The second kappa shape index (κ2) is 9.75. The van der Waals surface area contributed by atoms with Crippen LogP contribution in [0.4, 0.5) is 15.8 Å². The highest BCUT2D eigenvalue weighted by atomic mass is 35.5. The summed E-state index contributed by atoms with van der Waals surface area (Å²) in [6.07, 6.45) is 14.9. The van der Waals surface area contributed by atoms with Crippen LogP contribution in [0.1, 0.15) is 57.2 Å². The van der Waals surface area contributed by atoms with E-state index in [1.54, 1.807) is 12.4 Å². The van der Waals surface area contributed by atoms with Gasteiger partial charge in [0.05, 0.1) is 39.1 Å². The van der Waals surface area contributed by atoms with Crippen molar-refractivity contribution in [1.82, 2.24) is 25.9 Å². The summed E-state index contributed by atoms with van der Waals surface area (Å²) in [6.45, 7) is 7.21. The van der Waals surface area contributed by atoms with Gasteiger partial charge >= 0.3 is 0 Å². The van der Waals surface area contributed by atoms with Crippen molar-refractivity contribution in [1.29, 1.82) is 0 Å². The third kappa shape index (κ3) is 4.48. The maximum absolute atomic E-state index is 14.8. The average molecular weight is 582 g/mol. The van der Waals surface area contributed by atoms with E-state index in [2.05, 4.69) is 69.5 Å². The van der Waals surface area contributed by atoms with E-state index in [0.29, 0.717) is 28.2 Å². The normalized spacial score (nSPS) is 21.7. The molecule has 214 valence electrons. The van der Waals surface area contributed by atoms with Crippen molar-refractivity contribution in [3.8, 4) is 12.3 Å². The lowest BCUT2D eigenvalue weighted by Crippen LogP contribution is -2.69. The highest BCUT2D eigenvalue weighted by molar-refractivity contribution is 6.35. The number of anilines is 2. The minimum atomic E-state index is -0.370. The standard InChI is InChI=1S/C33H33ClFN7/c1-5-20-16-37-29-24(28(20)38-18-32(2,3)4)11-21(12-25(29)34)39-31(23-8-9-26(35)30-22(23)7-6-10-36-30)27-17-42(41-40-27)33-13-19(14-33)15-33/h1,6-12,16-17,19,31,39-41H,13-15,18H2,2-4H3,(H,37,38)/t19?,31-,33?/m0/s1. The van der Waals surface area contributed by atoms with E-state index in [1.807, 2.05) is 30.3 Å². The van der Waals surface area contributed by atoms with Gasteiger partial charge in [0.25, 0.3) is 0 Å². The molecule has 4 aromatic rings. The minimum Gasteiger partial charge on any atom is -0.383 e. The van der Waals surface area contributed by atoms with E-state index in [0.717, 1.165) is 39.3 Å². The lowest BCUT2D eigenvalue weighted by Gasteiger charge is -2.64. The van der Waals surface area contributed by atoms with Crippen LogP contribution in [0.25, 0.3) is 21.8 Å². The summed E-state index contributed by atoms with van der Waals surface area (Å²) >= 11 is 6.85. The monoisotopic (exact) mass is 581 g/mol. The molecule has 0 spiro atoms. The molecule has 4 N–H and O–H groups in total. The van der Waals surface area contributed by atoms with Crippen molar-refractivity contribution in [2.45, 2.75) is 51.6 Å². The zero-order valence-corrected chi connectivity index (χ0v) is 24.6. The van der Waals surface area contributed by atoms with Crippen LogP contribution < -0.4 is 21.6 Å². The molecular weight excluding hydrogens is 549 g/mol. The van der Waals surface area contributed by atoms with E-state index in [-0.39, 0.29) is 22.8 Å². The van der Waals surface area contributed by atoms with E-state index in [4.69, 9.17) is 18.0 Å². The Labute approximate surface area is 249 Å². The Morgan fingerprint density at radius 1 is 1.17 bits per heavy atom. The third-order valence-electron chi connectivity index (χ3n) is 8.67. The van der Waals surface area contributed by atoms with Gasteiger partial charge in [0, 0.05) is 41.6 Å². The predicted octanol–water partition coefficient (Wildman–Crippen LogP) is 6.89. The minimum absolute atomic E-state index is 0.0315. The molecule has 0 saturated heterocycles. The fourth-order valence-corrected chi connectivity index (χ4v) is 6.62. The zero-order chi connectivity index (χ0) is 29.2. The molecule has 1 atom stereocenters. The van der Waals surface area contributed by atoms with Gasteiger partial charge in [0.2, 0.25) is 0 Å². The van der Waals surface area contributed by atoms with Crippen LogP contribution in [-0.4, -0.2) is 27.1 Å². The van der Waals surface area contributed by atoms with E-state index >= 15 is 0 Å². The third-order valence-corrected chi connectivity index (χ3v) is 8.96. The Morgan fingerprint density at radius 2 is 1.98 bits per heavy atom. The van der Waals surface area contributed by atoms with Gasteiger partial charge in [0.15, 0.2) is 0 Å². The van der Waals surface area contributed by atoms with Gasteiger partial charge in [0.1, 0.15) is 11.3 Å². The number of hydrogen-bond acceptors (Lipinski definition) is 7. The number of pyridine rings is 2. The Hall–Kier alpha value is -4.06. The maximum Gasteiger partial charge on any atom is 0.149 e. The summed E-state index contributed by atoms with van der Waals surface area (Å²) in [5.41, 5.74) is 12.0. The number of fused-ring (bicyclic) bond motifs is 2. The van der Waals surface area contributed by atoms with Crippen molar-refractivity contribution < 1.29 is 4.39 Å². The first-order valence-electron chi connectivity index (χ1n) is 14.3. The van der Waals surface area contributed by atoms with Gasteiger partial charge < -0.3 is 16.1 Å². The summed E-state index contributed by atoms with van der Waals surface area (Å²) in [5, 5.41) is 11.5. The highest BCUT2D eigenvalue weighted by Crippen LogP contribution is 2.60. The van der Waals surface area contributed by atoms with E-state index in [9.17, 15) is 4.39 Å². The topological polar surface area (TPSA) is 77.1 Å². The second-order valence-electron chi connectivity index (χ2n) is 13.0. The lowest BCUT2D eigenvalue weighted by atomic mass is 9.49. The first-order valence-corrected chi connectivity index (χ1v) is 14.7. The molecule has 2 aromatic heterocycles. The van der Waals surface area contributed by atoms with Gasteiger partial charge in [-0.3, -0.25) is 15.0 Å². The van der Waals surface area contributed by atoms with Crippen LogP contribution in [0.3, 0.4) is 0 Å². The van der Waals surface area contributed by atoms with Crippen molar-refractivity contribution in [2.75, 3.05) is 17.2 Å². The maximum atomic E-state index is 14.8. The first kappa shape index (κ1) is 26.8. The number of hydrogen-bond donors (Lipinski definition) is 4.